The van der Waals surface area contributed by atoms with E-state index in [1.165, 1.54) is 13.0 Å². The lowest BCUT2D eigenvalue weighted by Gasteiger charge is -2.15. The van der Waals surface area contributed by atoms with Crippen molar-refractivity contribution in [1.82, 2.24) is 5.32 Å². The average molecular weight is 292 g/mol. The normalized spacial score (nSPS) is 12.8. The Bertz CT molecular complexity index is 531. The fourth-order valence-electron chi connectivity index (χ4n) is 1.41. The molecule has 0 saturated carbocycles. The number of nitro benzene ring substituents is 1. The zero-order chi connectivity index (χ0) is 15.5. The number of aryl methyl sites for hydroxylation is 1. The minimum atomic E-state index is -4.82. The summed E-state index contributed by atoms with van der Waals surface area (Å²) in [5.74, 6) is -0.855. The van der Waals surface area contributed by atoms with Gasteiger partial charge in [0.25, 0.3) is 11.6 Å². The number of alkyl halides is 3. The van der Waals surface area contributed by atoms with Gasteiger partial charge in [0.2, 0.25) is 0 Å². The second-order valence-electron chi connectivity index (χ2n) is 4.03. The van der Waals surface area contributed by atoms with Crippen molar-refractivity contribution in [2.45, 2.75) is 19.2 Å². The summed E-state index contributed by atoms with van der Waals surface area (Å²) < 4.78 is 36.1. The molecule has 0 aromatic heterocycles. The SMILES string of the molecule is Cc1cc(C(=O)NCC(O)C(F)(F)F)ccc1[N+](=O)[O-]. The number of aliphatic hydroxyl groups excluding tert-OH is 1. The number of nitrogens with zero attached hydrogens (tertiary/aromatic N) is 1. The molecule has 0 spiro atoms. The molecule has 0 heterocycles. The van der Waals surface area contributed by atoms with Crippen molar-refractivity contribution in [2.75, 3.05) is 6.54 Å². The molecule has 9 heteroatoms. The first-order valence-corrected chi connectivity index (χ1v) is 5.41. The molecule has 1 unspecified atom stereocenters. The van der Waals surface area contributed by atoms with Crippen molar-refractivity contribution in [3.05, 3.63) is 39.4 Å². The summed E-state index contributed by atoms with van der Waals surface area (Å²) in [6.45, 7) is 0.415. The van der Waals surface area contributed by atoms with E-state index in [0.717, 1.165) is 12.1 Å². The number of hydrogen-bond acceptors (Lipinski definition) is 4. The van der Waals surface area contributed by atoms with E-state index in [9.17, 15) is 28.1 Å². The van der Waals surface area contributed by atoms with E-state index in [1.807, 2.05) is 5.32 Å². The van der Waals surface area contributed by atoms with Crippen LogP contribution in [0.5, 0.6) is 0 Å². The Morgan fingerprint density at radius 1 is 1.50 bits per heavy atom. The number of carbonyl (C=O) groups excluding carboxylic acids is 1. The highest BCUT2D eigenvalue weighted by atomic mass is 19.4. The van der Waals surface area contributed by atoms with E-state index >= 15 is 0 Å². The van der Waals surface area contributed by atoms with Crippen LogP contribution in [-0.2, 0) is 0 Å². The van der Waals surface area contributed by atoms with Gasteiger partial charge in [-0.1, -0.05) is 0 Å². The molecular weight excluding hydrogens is 281 g/mol. The number of aliphatic hydroxyl groups is 1. The molecule has 0 bridgehead atoms. The molecule has 0 radical (unpaired) electrons. The minimum Gasteiger partial charge on any atom is -0.382 e. The predicted molar refractivity (Wildman–Crippen MR) is 62.2 cm³/mol. The number of benzene rings is 1. The Balaban J connectivity index is 2.74. The summed E-state index contributed by atoms with van der Waals surface area (Å²) in [5, 5.41) is 21.2. The van der Waals surface area contributed by atoms with Gasteiger partial charge in [-0.2, -0.15) is 13.2 Å². The maximum Gasteiger partial charge on any atom is 0.416 e. The summed E-state index contributed by atoms with van der Waals surface area (Å²) in [7, 11) is 0. The molecule has 20 heavy (non-hydrogen) atoms. The largest absolute Gasteiger partial charge is 0.416 e. The monoisotopic (exact) mass is 292 g/mol. The first-order chi connectivity index (χ1) is 9.12. The van der Waals surface area contributed by atoms with Crippen LogP contribution in [0.4, 0.5) is 18.9 Å². The third-order valence-corrected chi connectivity index (χ3v) is 2.49. The smallest absolute Gasteiger partial charge is 0.382 e. The molecule has 2 N–H and O–H groups in total. The fraction of sp³-hybridized carbons (Fsp3) is 0.364. The van der Waals surface area contributed by atoms with Gasteiger partial charge in [-0.05, 0) is 19.1 Å². The van der Waals surface area contributed by atoms with Crippen molar-refractivity contribution < 1.29 is 28.0 Å². The van der Waals surface area contributed by atoms with Crippen LogP contribution in [0.15, 0.2) is 18.2 Å². The van der Waals surface area contributed by atoms with Crippen LogP contribution in [0.3, 0.4) is 0 Å². The number of nitrogens with one attached hydrogen (secondary N) is 1. The van der Waals surface area contributed by atoms with Gasteiger partial charge in [0, 0.05) is 17.2 Å². The molecule has 6 nitrogen and oxygen atoms in total. The van der Waals surface area contributed by atoms with Crippen LogP contribution in [0, 0.1) is 17.0 Å². The third kappa shape index (κ3) is 3.92. The lowest BCUT2D eigenvalue weighted by molar-refractivity contribution is -0.385. The quantitative estimate of drug-likeness (QED) is 0.650. The van der Waals surface area contributed by atoms with Gasteiger partial charge < -0.3 is 10.4 Å². The van der Waals surface area contributed by atoms with Crippen molar-refractivity contribution in [1.29, 1.82) is 0 Å². The lowest BCUT2D eigenvalue weighted by atomic mass is 10.1. The van der Waals surface area contributed by atoms with E-state index in [4.69, 9.17) is 5.11 Å². The highest BCUT2D eigenvalue weighted by Gasteiger charge is 2.38. The van der Waals surface area contributed by atoms with E-state index < -0.39 is 29.7 Å². The van der Waals surface area contributed by atoms with Crippen molar-refractivity contribution in [3.8, 4) is 0 Å². The Labute approximate surface area is 111 Å². The molecule has 1 atom stereocenters. The second-order valence-corrected chi connectivity index (χ2v) is 4.03. The second kappa shape index (κ2) is 5.87. The van der Waals surface area contributed by atoms with Crippen molar-refractivity contribution in [3.63, 3.8) is 0 Å². The van der Waals surface area contributed by atoms with Crippen molar-refractivity contribution in [2.24, 2.45) is 0 Å². The molecule has 110 valence electrons. The van der Waals surface area contributed by atoms with Crippen molar-refractivity contribution >= 4 is 11.6 Å². The maximum atomic E-state index is 12.0. The zero-order valence-corrected chi connectivity index (χ0v) is 10.3. The number of carbonyl (C=O) groups is 1. The van der Waals surface area contributed by atoms with Crippen LogP contribution >= 0.6 is 0 Å². The van der Waals surface area contributed by atoms with Crippen LogP contribution in [0.25, 0.3) is 0 Å². The van der Waals surface area contributed by atoms with Gasteiger partial charge in [-0.15, -0.1) is 0 Å². The summed E-state index contributed by atoms with van der Waals surface area (Å²) >= 11 is 0. The van der Waals surface area contributed by atoms with Gasteiger partial charge in [0.15, 0.2) is 6.10 Å². The van der Waals surface area contributed by atoms with E-state index in [0.29, 0.717) is 0 Å². The molecule has 1 amide bonds. The summed E-state index contributed by atoms with van der Waals surface area (Å²) in [5.41, 5.74) is -0.0154. The molecule has 1 rings (SSSR count). The Hall–Kier alpha value is -2.16. The number of hydrogen-bond donors (Lipinski definition) is 2. The van der Waals surface area contributed by atoms with Gasteiger partial charge in [-0.3, -0.25) is 14.9 Å². The standard InChI is InChI=1S/C11H11F3N2O4/c1-6-4-7(2-3-8(6)16(19)20)10(18)15-5-9(17)11(12,13)14/h2-4,9,17H,5H2,1H3,(H,15,18). The number of halogens is 3. The number of rotatable bonds is 4. The molecular formula is C11H11F3N2O4. The summed E-state index contributed by atoms with van der Waals surface area (Å²) in [4.78, 5) is 21.5. The van der Waals surface area contributed by atoms with E-state index in [2.05, 4.69) is 0 Å². The lowest BCUT2D eigenvalue weighted by Crippen LogP contribution is -2.40. The number of amides is 1. The maximum absolute atomic E-state index is 12.0. The van der Waals surface area contributed by atoms with Crippen LogP contribution in [-0.4, -0.2) is 34.8 Å². The summed E-state index contributed by atoms with van der Waals surface area (Å²) in [6, 6.07) is 3.40. The van der Waals surface area contributed by atoms with E-state index in [1.54, 1.807) is 0 Å². The summed E-state index contributed by atoms with van der Waals surface area (Å²) in [6.07, 6.45) is -7.48. The predicted octanol–water partition coefficient (Wildman–Crippen LogP) is 1.56. The third-order valence-electron chi connectivity index (χ3n) is 2.49. The van der Waals surface area contributed by atoms with Gasteiger partial charge >= 0.3 is 6.18 Å². The Morgan fingerprint density at radius 2 is 2.10 bits per heavy atom. The van der Waals surface area contributed by atoms with Crippen LogP contribution in [0.2, 0.25) is 0 Å². The first kappa shape index (κ1) is 15.9. The van der Waals surface area contributed by atoms with Crippen LogP contribution in [0.1, 0.15) is 15.9 Å². The average Bonchev–Trinajstić information content (AvgIpc) is 2.33. The molecule has 0 aliphatic rings. The highest BCUT2D eigenvalue weighted by molar-refractivity contribution is 5.94. The van der Waals surface area contributed by atoms with Gasteiger partial charge in [0.1, 0.15) is 0 Å². The molecule has 1 aromatic rings. The van der Waals surface area contributed by atoms with Gasteiger partial charge in [0.05, 0.1) is 11.5 Å². The molecule has 0 saturated heterocycles. The fourth-order valence-corrected chi connectivity index (χ4v) is 1.41. The zero-order valence-electron chi connectivity index (χ0n) is 10.3. The highest BCUT2D eigenvalue weighted by Crippen LogP contribution is 2.20. The topological polar surface area (TPSA) is 92.5 Å². The van der Waals surface area contributed by atoms with Crippen LogP contribution < -0.4 is 5.32 Å². The minimum absolute atomic E-state index is 0.0255. The molecule has 0 aliphatic carbocycles. The van der Waals surface area contributed by atoms with E-state index in [-0.39, 0.29) is 16.8 Å². The molecule has 1 aromatic carbocycles. The Morgan fingerprint density at radius 3 is 2.55 bits per heavy atom. The molecule has 0 fully saturated rings. The number of nitro groups is 1. The van der Waals surface area contributed by atoms with Gasteiger partial charge in [-0.25, -0.2) is 0 Å². The first-order valence-electron chi connectivity index (χ1n) is 5.41. The Kier molecular flexibility index (Phi) is 4.66. The molecule has 0 aliphatic heterocycles.